The molecule has 2 aromatic carbocycles. The quantitative estimate of drug-likeness (QED) is 0.765. The first-order valence-corrected chi connectivity index (χ1v) is 11.1. The molecule has 0 bridgehead atoms. The number of rotatable bonds is 5. The second-order valence-corrected chi connectivity index (χ2v) is 9.47. The Morgan fingerprint density at radius 3 is 2.46 bits per heavy atom. The first-order chi connectivity index (χ1) is 13.2. The maximum absolute atomic E-state index is 13.1. The third kappa shape index (κ3) is 4.91. The minimum Gasteiger partial charge on any atom is -0.491 e. The molecule has 1 heterocycles. The first-order valence-electron chi connectivity index (χ1n) is 9.18. The van der Waals surface area contributed by atoms with E-state index in [9.17, 15) is 13.2 Å². The molecule has 1 aliphatic heterocycles. The summed E-state index contributed by atoms with van der Waals surface area (Å²) in [5.74, 6) is 0.818. The van der Waals surface area contributed by atoms with E-state index < -0.39 is 9.84 Å². The van der Waals surface area contributed by atoms with E-state index in [1.54, 1.807) is 24.3 Å². The Labute approximate surface area is 166 Å². The molecule has 0 fully saturated rings. The average Bonchev–Trinajstić information content (AvgIpc) is 2.81. The third-order valence-electron chi connectivity index (χ3n) is 4.79. The van der Waals surface area contributed by atoms with Gasteiger partial charge in [-0.15, -0.1) is 0 Å². The van der Waals surface area contributed by atoms with E-state index >= 15 is 0 Å². The molecule has 0 spiro atoms. The molecule has 150 valence electrons. The largest absolute Gasteiger partial charge is 0.491 e. The maximum atomic E-state index is 13.1. The lowest BCUT2D eigenvalue weighted by atomic mass is 10.1. The van der Waals surface area contributed by atoms with Gasteiger partial charge in [-0.05, 0) is 37.9 Å². The first kappa shape index (κ1) is 20.4. The van der Waals surface area contributed by atoms with Crippen LogP contribution in [0.5, 0.6) is 5.75 Å². The van der Waals surface area contributed by atoms with Gasteiger partial charge in [0.15, 0.2) is 9.84 Å². The minimum atomic E-state index is -3.25. The van der Waals surface area contributed by atoms with Crippen molar-refractivity contribution in [2.75, 3.05) is 33.5 Å². The Bertz CT molecular complexity index is 939. The molecule has 7 heteroatoms. The molecular weight excluding hydrogens is 376 g/mol. The Kier molecular flexibility index (Phi) is 6.05. The number of carbonyl (C=O) groups is 1. The number of benzene rings is 2. The number of hydrogen-bond donors (Lipinski definition) is 0. The number of fused-ring (bicyclic) bond motifs is 1. The number of nitrogens with zero attached hydrogens (tertiary/aromatic N) is 2. The van der Waals surface area contributed by atoms with Gasteiger partial charge in [-0.25, -0.2) is 8.42 Å². The van der Waals surface area contributed by atoms with Gasteiger partial charge in [0.2, 0.25) is 5.91 Å². The summed E-state index contributed by atoms with van der Waals surface area (Å²) >= 11 is 0. The van der Waals surface area contributed by atoms with E-state index in [0.717, 1.165) is 16.9 Å². The lowest BCUT2D eigenvalue weighted by Crippen LogP contribution is -2.47. The molecule has 1 unspecified atom stereocenters. The van der Waals surface area contributed by atoms with Crippen molar-refractivity contribution in [2.45, 2.75) is 23.9 Å². The Morgan fingerprint density at radius 1 is 1.14 bits per heavy atom. The molecule has 0 aliphatic carbocycles. The summed E-state index contributed by atoms with van der Waals surface area (Å²) in [5, 5.41) is 0. The Hall–Kier alpha value is -2.38. The van der Waals surface area contributed by atoms with E-state index in [2.05, 4.69) is 0 Å². The molecule has 0 saturated carbocycles. The number of sulfone groups is 1. The highest BCUT2D eigenvalue weighted by atomic mass is 32.2. The van der Waals surface area contributed by atoms with Crippen molar-refractivity contribution in [2.24, 2.45) is 0 Å². The molecule has 6 nitrogen and oxygen atoms in total. The van der Waals surface area contributed by atoms with Crippen molar-refractivity contribution < 1.29 is 17.9 Å². The highest BCUT2D eigenvalue weighted by molar-refractivity contribution is 7.90. The number of ether oxygens (including phenoxy) is 1. The predicted molar refractivity (Wildman–Crippen MR) is 108 cm³/mol. The normalized spacial score (nSPS) is 17.0. The fraction of sp³-hybridized carbons (Fsp3) is 0.381. The summed E-state index contributed by atoms with van der Waals surface area (Å²) in [4.78, 5) is 17.3. The Balaban J connectivity index is 1.81. The zero-order valence-electron chi connectivity index (χ0n) is 16.5. The average molecular weight is 403 g/mol. The number of likely N-dealkylation sites (N-methyl/N-ethyl adjacent to an activating group) is 1. The van der Waals surface area contributed by atoms with Crippen molar-refractivity contribution >= 4 is 15.7 Å². The summed E-state index contributed by atoms with van der Waals surface area (Å²) in [5.41, 5.74) is 1.78. The highest BCUT2D eigenvalue weighted by Crippen LogP contribution is 2.25. The van der Waals surface area contributed by atoms with Crippen molar-refractivity contribution in [3.63, 3.8) is 0 Å². The minimum absolute atomic E-state index is 0.000686. The Morgan fingerprint density at radius 2 is 1.82 bits per heavy atom. The van der Waals surface area contributed by atoms with Crippen LogP contribution in [-0.2, 0) is 27.6 Å². The van der Waals surface area contributed by atoms with Crippen LogP contribution in [0.15, 0.2) is 53.4 Å². The zero-order valence-corrected chi connectivity index (χ0v) is 17.3. The second-order valence-electron chi connectivity index (χ2n) is 7.45. The molecule has 0 saturated heterocycles. The van der Waals surface area contributed by atoms with Crippen LogP contribution in [0, 0.1) is 0 Å². The summed E-state index contributed by atoms with van der Waals surface area (Å²) in [7, 11) is 0.707. The lowest BCUT2D eigenvalue weighted by Gasteiger charge is -2.31. The van der Waals surface area contributed by atoms with E-state index in [-0.39, 0.29) is 23.3 Å². The van der Waals surface area contributed by atoms with Gasteiger partial charge in [0.05, 0.1) is 17.4 Å². The molecule has 0 aromatic heterocycles. The molecule has 28 heavy (non-hydrogen) atoms. The van der Waals surface area contributed by atoms with Gasteiger partial charge in [-0.1, -0.05) is 30.3 Å². The van der Waals surface area contributed by atoms with Crippen molar-refractivity contribution in [3.8, 4) is 5.75 Å². The number of hydrogen-bond acceptors (Lipinski definition) is 5. The lowest BCUT2D eigenvalue weighted by molar-refractivity contribution is -0.134. The number of amides is 1. The molecule has 3 rings (SSSR count). The van der Waals surface area contributed by atoms with E-state index in [0.29, 0.717) is 19.7 Å². The standard InChI is InChI=1S/C21H26N2O4S/c1-22(2)14-18-15-27-20-7-5-4-6-17(20)13-23(18)21(24)12-16-8-10-19(11-9-16)28(3,25)26/h4-11,18H,12-15H2,1-3H3. The van der Waals surface area contributed by atoms with Crippen LogP contribution in [0.3, 0.4) is 0 Å². The fourth-order valence-corrected chi connectivity index (χ4v) is 3.99. The molecule has 0 radical (unpaired) electrons. The van der Waals surface area contributed by atoms with Gasteiger partial charge >= 0.3 is 0 Å². The van der Waals surface area contributed by atoms with Crippen LogP contribution in [0.25, 0.3) is 0 Å². The third-order valence-corrected chi connectivity index (χ3v) is 5.92. The van der Waals surface area contributed by atoms with E-state index in [4.69, 9.17) is 4.74 Å². The van der Waals surface area contributed by atoms with Gasteiger partial charge in [0, 0.05) is 24.9 Å². The fourth-order valence-electron chi connectivity index (χ4n) is 3.36. The molecule has 0 N–H and O–H groups in total. The van der Waals surface area contributed by atoms with Crippen molar-refractivity contribution in [3.05, 3.63) is 59.7 Å². The second kappa shape index (κ2) is 8.32. The van der Waals surface area contributed by atoms with Gasteiger partial charge in [-0.2, -0.15) is 0 Å². The topological polar surface area (TPSA) is 66.9 Å². The molecule has 1 amide bonds. The highest BCUT2D eigenvalue weighted by Gasteiger charge is 2.29. The van der Waals surface area contributed by atoms with Crippen LogP contribution in [-0.4, -0.2) is 63.7 Å². The van der Waals surface area contributed by atoms with Crippen molar-refractivity contribution in [1.82, 2.24) is 9.80 Å². The predicted octanol–water partition coefficient (Wildman–Crippen LogP) is 1.98. The number of carbonyl (C=O) groups excluding carboxylic acids is 1. The maximum Gasteiger partial charge on any atom is 0.227 e. The number of para-hydroxylation sites is 1. The summed E-state index contributed by atoms with van der Waals surface area (Å²) < 4.78 is 29.2. The van der Waals surface area contributed by atoms with Crippen molar-refractivity contribution in [1.29, 1.82) is 0 Å². The van der Waals surface area contributed by atoms with Crippen LogP contribution in [0.1, 0.15) is 11.1 Å². The van der Waals surface area contributed by atoms with Crippen LogP contribution in [0.4, 0.5) is 0 Å². The molecule has 2 aromatic rings. The van der Waals surface area contributed by atoms with E-state index in [1.165, 1.54) is 6.26 Å². The summed E-state index contributed by atoms with van der Waals surface area (Å²) in [6.45, 7) is 1.63. The van der Waals surface area contributed by atoms with Crippen LogP contribution >= 0.6 is 0 Å². The van der Waals surface area contributed by atoms with Gasteiger partial charge < -0.3 is 14.5 Å². The molecule has 1 aliphatic rings. The van der Waals surface area contributed by atoms with Gasteiger partial charge in [0.1, 0.15) is 12.4 Å². The van der Waals surface area contributed by atoms with Gasteiger partial charge in [-0.3, -0.25) is 4.79 Å². The monoisotopic (exact) mass is 402 g/mol. The SMILES string of the molecule is CN(C)CC1COc2ccccc2CN1C(=O)Cc1ccc(S(C)(=O)=O)cc1. The van der Waals surface area contributed by atoms with Gasteiger partial charge in [0.25, 0.3) is 0 Å². The van der Waals surface area contributed by atoms with Crippen LogP contribution in [0.2, 0.25) is 0 Å². The molecular formula is C21H26N2O4S. The summed E-state index contributed by atoms with van der Waals surface area (Å²) in [6, 6.07) is 14.2. The molecule has 1 atom stereocenters. The summed E-state index contributed by atoms with van der Waals surface area (Å²) in [6.07, 6.45) is 1.39. The van der Waals surface area contributed by atoms with E-state index in [1.807, 2.05) is 48.2 Å². The zero-order chi connectivity index (χ0) is 20.3. The van der Waals surface area contributed by atoms with Crippen LogP contribution < -0.4 is 4.74 Å². The smallest absolute Gasteiger partial charge is 0.227 e.